The van der Waals surface area contributed by atoms with E-state index in [2.05, 4.69) is 0 Å². The third-order valence-corrected chi connectivity index (χ3v) is 3.51. The molecule has 0 saturated carbocycles. The minimum absolute atomic E-state index is 0.274. The highest BCUT2D eigenvalue weighted by Gasteiger charge is 2.23. The van der Waals surface area contributed by atoms with Gasteiger partial charge in [-0.1, -0.05) is 0 Å². The number of nitrogens with two attached hydrogens (primary N) is 1. The van der Waals surface area contributed by atoms with E-state index in [0.717, 1.165) is 18.6 Å². The van der Waals surface area contributed by atoms with Crippen molar-refractivity contribution in [2.75, 3.05) is 18.1 Å². The Morgan fingerprint density at radius 2 is 2.50 bits per heavy atom. The smallest absolute Gasteiger partial charge is 0.307 e. The zero-order chi connectivity index (χ0) is 8.97. The summed E-state index contributed by atoms with van der Waals surface area (Å²) in [6, 6.07) is 0. The van der Waals surface area contributed by atoms with E-state index in [-0.39, 0.29) is 12.5 Å². The van der Waals surface area contributed by atoms with Gasteiger partial charge in [0, 0.05) is 6.54 Å². The van der Waals surface area contributed by atoms with Crippen molar-refractivity contribution in [2.45, 2.75) is 12.8 Å². The average Bonchev–Trinajstić information content (AvgIpc) is 2.51. The van der Waals surface area contributed by atoms with Crippen LogP contribution in [-0.2, 0) is 4.79 Å². The Labute approximate surface area is 76.7 Å². The molecule has 1 fully saturated rings. The van der Waals surface area contributed by atoms with E-state index in [1.807, 2.05) is 11.8 Å². The number of carboxylic acid groups (broad SMARTS) is 1. The molecule has 0 aromatic heterocycles. The summed E-state index contributed by atoms with van der Waals surface area (Å²) >= 11 is 1.91. The minimum atomic E-state index is -0.741. The maximum Gasteiger partial charge on any atom is 0.307 e. The first-order valence-electron chi connectivity index (χ1n) is 4.24. The second-order valence-electron chi connectivity index (χ2n) is 3.24. The van der Waals surface area contributed by atoms with Crippen LogP contribution in [0.2, 0.25) is 0 Å². The Hall–Kier alpha value is -0.220. The number of rotatable bonds is 4. The molecule has 1 aliphatic rings. The lowest BCUT2D eigenvalue weighted by atomic mass is 9.94. The van der Waals surface area contributed by atoms with Crippen molar-refractivity contribution in [3.8, 4) is 0 Å². The van der Waals surface area contributed by atoms with E-state index in [9.17, 15) is 4.79 Å². The molecule has 12 heavy (non-hydrogen) atoms. The molecular formula is C8H15NO2S. The summed E-state index contributed by atoms with van der Waals surface area (Å²) in [6.45, 7) is 0.274. The third-order valence-electron chi connectivity index (χ3n) is 2.28. The van der Waals surface area contributed by atoms with Crippen molar-refractivity contribution >= 4 is 17.7 Å². The summed E-state index contributed by atoms with van der Waals surface area (Å²) in [7, 11) is 0. The predicted octanol–water partition coefficient (Wildman–Crippen LogP) is 0.789. The first kappa shape index (κ1) is 9.86. The normalized spacial score (nSPS) is 25.6. The second kappa shape index (κ2) is 4.72. The lowest BCUT2D eigenvalue weighted by Gasteiger charge is -2.13. The molecule has 3 N–H and O–H groups in total. The monoisotopic (exact) mass is 189 g/mol. The van der Waals surface area contributed by atoms with Gasteiger partial charge in [0.15, 0.2) is 0 Å². The summed E-state index contributed by atoms with van der Waals surface area (Å²) in [6.07, 6.45) is 1.92. The van der Waals surface area contributed by atoms with Crippen LogP contribution in [-0.4, -0.2) is 29.1 Å². The van der Waals surface area contributed by atoms with Crippen LogP contribution < -0.4 is 5.73 Å². The van der Waals surface area contributed by atoms with Gasteiger partial charge in [-0.3, -0.25) is 4.79 Å². The van der Waals surface area contributed by atoms with Crippen LogP contribution in [0.3, 0.4) is 0 Å². The largest absolute Gasteiger partial charge is 0.481 e. The van der Waals surface area contributed by atoms with Crippen LogP contribution in [0.5, 0.6) is 0 Å². The summed E-state index contributed by atoms with van der Waals surface area (Å²) in [4.78, 5) is 10.6. The molecule has 4 heteroatoms. The zero-order valence-corrected chi connectivity index (χ0v) is 7.85. The summed E-state index contributed by atoms with van der Waals surface area (Å²) < 4.78 is 0. The number of hydrogen-bond donors (Lipinski definition) is 2. The Bertz CT molecular complexity index is 157. The molecule has 1 heterocycles. The molecule has 0 aliphatic carbocycles. The Kier molecular flexibility index (Phi) is 3.88. The van der Waals surface area contributed by atoms with Gasteiger partial charge in [0.1, 0.15) is 0 Å². The molecule has 0 radical (unpaired) electrons. The first-order chi connectivity index (χ1) is 5.74. The van der Waals surface area contributed by atoms with Crippen molar-refractivity contribution in [3.05, 3.63) is 0 Å². The molecule has 0 bridgehead atoms. The van der Waals surface area contributed by atoms with Gasteiger partial charge in [-0.15, -0.1) is 0 Å². The van der Waals surface area contributed by atoms with Crippen LogP contribution >= 0.6 is 11.8 Å². The molecule has 0 aromatic carbocycles. The lowest BCUT2D eigenvalue weighted by Crippen LogP contribution is -2.25. The topological polar surface area (TPSA) is 63.3 Å². The number of thioether (sulfide) groups is 1. The minimum Gasteiger partial charge on any atom is -0.481 e. The van der Waals surface area contributed by atoms with Gasteiger partial charge in [-0.25, -0.2) is 0 Å². The van der Waals surface area contributed by atoms with Gasteiger partial charge in [-0.2, -0.15) is 11.8 Å². The Morgan fingerprint density at radius 3 is 2.92 bits per heavy atom. The average molecular weight is 189 g/mol. The highest BCUT2D eigenvalue weighted by atomic mass is 32.2. The van der Waals surface area contributed by atoms with Gasteiger partial charge in [0.05, 0.1) is 5.92 Å². The van der Waals surface area contributed by atoms with Crippen molar-refractivity contribution in [2.24, 2.45) is 17.6 Å². The molecule has 1 aliphatic heterocycles. The molecule has 3 nitrogen and oxygen atoms in total. The molecular weight excluding hydrogens is 174 g/mol. The Balaban J connectivity index is 2.30. The molecule has 0 aromatic rings. The predicted molar refractivity (Wildman–Crippen MR) is 50.2 cm³/mol. The van der Waals surface area contributed by atoms with Gasteiger partial charge in [-0.05, 0) is 30.3 Å². The first-order valence-corrected chi connectivity index (χ1v) is 5.40. The van der Waals surface area contributed by atoms with E-state index in [1.165, 1.54) is 5.75 Å². The van der Waals surface area contributed by atoms with Crippen LogP contribution in [0, 0.1) is 11.8 Å². The van der Waals surface area contributed by atoms with Crippen LogP contribution in [0.1, 0.15) is 12.8 Å². The van der Waals surface area contributed by atoms with E-state index < -0.39 is 5.97 Å². The SMILES string of the molecule is NCC(CC1CCSC1)C(=O)O. The lowest BCUT2D eigenvalue weighted by molar-refractivity contribution is -0.141. The number of aliphatic carboxylic acids is 1. The summed E-state index contributed by atoms with van der Waals surface area (Å²) in [5.41, 5.74) is 5.36. The third kappa shape index (κ3) is 2.68. The van der Waals surface area contributed by atoms with E-state index >= 15 is 0 Å². The molecule has 0 spiro atoms. The summed E-state index contributed by atoms with van der Waals surface area (Å²) in [5, 5.41) is 8.75. The summed E-state index contributed by atoms with van der Waals surface area (Å²) in [5.74, 6) is 1.81. The number of hydrogen-bond acceptors (Lipinski definition) is 3. The fourth-order valence-corrected chi connectivity index (χ4v) is 2.77. The molecule has 2 unspecified atom stereocenters. The molecule has 0 amide bonds. The van der Waals surface area contributed by atoms with Crippen molar-refractivity contribution < 1.29 is 9.90 Å². The molecule has 1 saturated heterocycles. The van der Waals surface area contributed by atoms with Crippen LogP contribution in [0.25, 0.3) is 0 Å². The van der Waals surface area contributed by atoms with Gasteiger partial charge in [0.25, 0.3) is 0 Å². The fraction of sp³-hybridized carbons (Fsp3) is 0.875. The van der Waals surface area contributed by atoms with Crippen molar-refractivity contribution in [3.63, 3.8) is 0 Å². The van der Waals surface area contributed by atoms with E-state index in [4.69, 9.17) is 10.8 Å². The standard InChI is InChI=1S/C8H15NO2S/c9-4-7(8(10)11)3-6-1-2-12-5-6/h6-7H,1-5,9H2,(H,10,11). The van der Waals surface area contributed by atoms with Crippen LogP contribution in [0.4, 0.5) is 0 Å². The Morgan fingerprint density at radius 1 is 1.75 bits per heavy atom. The molecule has 1 rings (SSSR count). The van der Waals surface area contributed by atoms with E-state index in [1.54, 1.807) is 0 Å². The maximum absolute atomic E-state index is 10.6. The van der Waals surface area contributed by atoms with Crippen molar-refractivity contribution in [1.82, 2.24) is 0 Å². The molecule has 70 valence electrons. The van der Waals surface area contributed by atoms with Gasteiger partial charge < -0.3 is 10.8 Å². The van der Waals surface area contributed by atoms with Gasteiger partial charge >= 0.3 is 5.97 Å². The quantitative estimate of drug-likeness (QED) is 0.686. The second-order valence-corrected chi connectivity index (χ2v) is 4.39. The number of carboxylic acids is 1. The fourth-order valence-electron chi connectivity index (χ4n) is 1.47. The van der Waals surface area contributed by atoms with Crippen molar-refractivity contribution in [1.29, 1.82) is 0 Å². The van der Waals surface area contributed by atoms with Gasteiger partial charge in [0.2, 0.25) is 0 Å². The molecule has 2 atom stereocenters. The highest BCUT2D eigenvalue weighted by Crippen LogP contribution is 2.28. The highest BCUT2D eigenvalue weighted by molar-refractivity contribution is 7.99. The van der Waals surface area contributed by atoms with E-state index in [0.29, 0.717) is 5.92 Å². The number of carbonyl (C=O) groups is 1. The maximum atomic E-state index is 10.6. The van der Waals surface area contributed by atoms with Crippen LogP contribution in [0.15, 0.2) is 0 Å². The zero-order valence-electron chi connectivity index (χ0n) is 7.03.